The van der Waals surface area contributed by atoms with Gasteiger partial charge >= 0.3 is 0 Å². The maximum absolute atomic E-state index is 13.2. The van der Waals surface area contributed by atoms with Crippen molar-refractivity contribution >= 4 is 17.7 Å². The number of carbonyl (C=O) groups excluding carboxylic acids is 1. The van der Waals surface area contributed by atoms with Crippen LogP contribution in [0, 0.1) is 5.82 Å². The molecule has 23 heavy (non-hydrogen) atoms. The second-order valence-electron chi connectivity index (χ2n) is 6.82. The zero-order valence-corrected chi connectivity index (χ0v) is 14.1. The van der Waals surface area contributed by atoms with Crippen LogP contribution in [-0.2, 0) is 10.2 Å². The van der Waals surface area contributed by atoms with Crippen LogP contribution in [0.5, 0.6) is 0 Å². The summed E-state index contributed by atoms with van der Waals surface area (Å²) >= 11 is 1.78. The van der Waals surface area contributed by atoms with Crippen LogP contribution in [0.15, 0.2) is 24.3 Å². The third-order valence-electron chi connectivity index (χ3n) is 5.35. The molecule has 3 nitrogen and oxygen atoms in total. The number of rotatable bonds is 4. The lowest BCUT2D eigenvalue weighted by molar-refractivity contribution is -0.140. The Morgan fingerprint density at radius 3 is 2.35 bits per heavy atom. The Labute approximate surface area is 141 Å². The third-order valence-corrected chi connectivity index (χ3v) is 6.33. The van der Waals surface area contributed by atoms with Crippen LogP contribution in [0.25, 0.3) is 0 Å². The first-order valence-electron chi connectivity index (χ1n) is 8.39. The Bertz CT molecular complexity index is 549. The van der Waals surface area contributed by atoms with Crippen LogP contribution in [0.1, 0.15) is 44.1 Å². The van der Waals surface area contributed by atoms with E-state index in [1.54, 1.807) is 11.8 Å². The summed E-state index contributed by atoms with van der Waals surface area (Å²) in [5.74, 6) is 1.17. The summed E-state index contributed by atoms with van der Waals surface area (Å²) in [5.41, 5.74) is -0.250. The van der Waals surface area contributed by atoms with Gasteiger partial charge in [0.25, 0.3) is 5.91 Å². The van der Waals surface area contributed by atoms with E-state index in [1.807, 2.05) is 12.1 Å². The summed E-state index contributed by atoms with van der Waals surface area (Å²) in [6.07, 6.45) is 5.27. The van der Waals surface area contributed by atoms with Gasteiger partial charge in [0, 0.05) is 12.0 Å². The molecule has 2 fully saturated rings. The van der Waals surface area contributed by atoms with Gasteiger partial charge < -0.3 is 10.4 Å². The van der Waals surface area contributed by atoms with Gasteiger partial charge in [-0.05, 0) is 54.9 Å². The van der Waals surface area contributed by atoms with Gasteiger partial charge in [0.15, 0.2) is 0 Å². The van der Waals surface area contributed by atoms with Crippen molar-refractivity contribution < 1.29 is 14.3 Å². The average molecular weight is 337 g/mol. The van der Waals surface area contributed by atoms with Crippen molar-refractivity contribution in [2.24, 2.45) is 0 Å². The number of thioether (sulfide) groups is 1. The molecule has 5 heteroatoms. The van der Waals surface area contributed by atoms with Crippen molar-refractivity contribution in [3.05, 3.63) is 35.6 Å². The number of amides is 1. The van der Waals surface area contributed by atoms with E-state index in [0.717, 1.165) is 42.8 Å². The van der Waals surface area contributed by atoms with Gasteiger partial charge in [0.1, 0.15) is 11.4 Å². The fourth-order valence-electron chi connectivity index (χ4n) is 3.77. The van der Waals surface area contributed by atoms with Crippen LogP contribution < -0.4 is 5.32 Å². The van der Waals surface area contributed by atoms with Gasteiger partial charge in [-0.1, -0.05) is 25.0 Å². The zero-order valence-electron chi connectivity index (χ0n) is 13.3. The number of hydrogen-bond donors (Lipinski definition) is 2. The SMILES string of the molecule is O=C(NCC1(c2ccc(F)cc2)CCCC1)C1(O)CCSCC1. The van der Waals surface area contributed by atoms with E-state index in [0.29, 0.717) is 19.4 Å². The zero-order chi connectivity index (χ0) is 16.3. The minimum Gasteiger partial charge on any atom is -0.380 e. The van der Waals surface area contributed by atoms with Gasteiger partial charge in [-0.15, -0.1) is 0 Å². The molecule has 1 saturated carbocycles. The molecule has 1 amide bonds. The van der Waals surface area contributed by atoms with Crippen LogP contribution in [0.2, 0.25) is 0 Å². The highest BCUT2D eigenvalue weighted by atomic mass is 32.2. The number of aliphatic hydroxyl groups is 1. The smallest absolute Gasteiger partial charge is 0.252 e. The minimum atomic E-state index is -1.21. The second kappa shape index (κ2) is 6.81. The lowest BCUT2D eigenvalue weighted by atomic mass is 9.78. The Hall–Kier alpha value is -1.07. The minimum absolute atomic E-state index is 0.122. The number of hydrogen-bond acceptors (Lipinski definition) is 3. The predicted octanol–water partition coefficient (Wildman–Crippen LogP) is 3.01. The molecule has 1 saturated heterocycles. The quantitative estimate of drug-likeness (QED) is 0.888. The lowest BCUT2D eigenvalue weighted by Gasteiger charge is -2.34. The Morgan fingerprint density at radius 2 is 1.74 bits per heavy atom. The van der Waals surface area contributed by atoms with E-state index in [1.165, 1.54) is 12.1 Å². The molecular formula is C18H24FNO2S. The summed E-state index contributed by atoms with van der Waals surface area (Å²) in [6, 6.07) is 6.64. The first kappa shape index (κ1) is 16.8. The van der Waals surface area contributed by atoms with Crippen molar-refractivity contribution in [1.29, 1.82) is 0 Å². The predicted molar refractivity (Wildman–Crippen MR) is 91.1 cm³/mol. The van der Waals surface area contributed by atoms with Crippen molar-refractivity contribution in [2.75, 3.05) is 18.1 Å². The van der Waals surface area contributed by atoms with Crippen molar-refractivity contribution in [3.8, 4) is 0 Å². The molecule has 1 aromatic rings. The Kier molecular flexibility index (Phi) is 4.97. The summed E-state index contributed by atoms with van der Waals surface area (Å²) in [5, 5.41) is 13.5. The van der Waals surface area contributed by atoms with Gasteiger partial charge in [0.2, 0.25) is 0 Å². The summed E-state index contributed by atoms with van der Waals surface area (Å²) in [7, 11) is 0. The van der Waals surface area contributed by atoms with E-state index in [2.05, 4.69) is 5.32 Å². The fraction of sp³-hybridized carbons (Fsp3) is 0.611. The number of carbonyl (C=O) groups is 1. The molecule has 1 heterocycles. The van der Waals surface area contributed by atoms with Gasteiger partial charge in [0.05, 0.1) is 0 Å². The highest BCUT2D eigenvalue weighted by Crippen LogP contribution is 2.41. The van der Waals surface area contributed by atoms with E-state index >= 15 is 0 Å². The highest BCUT2D eigenvalue weighted by molar-refractivity contribution is 7.99. The molecule has 2 aliphatic rings. The van der Waals surface area contributed by atoms with E-state index in [-0.39, 0.29) is 17.1 Å². The topological polar surface area (TPSA) is 49.3 Å². The van der Waals surface area contributed by atoms with Gasteiger partial charge in [-0.2, -0.15) is 11.8 Å². The summed E-state index contributed by atoms with van der Waals surface area (Å²) in [6.45, 7) is 0.521. The molecule has 1 aliphatic carbocycles. The largest absolute Gasteiger partial charge is 0.380 e. The van der Waals surface area contributed by atoms with Crippen molar-refractivity contribution in [3.63, 3.8) is 0 Å². The molecule has 0 spiro atoms. The van der Waals surface area contributed by atoms with E-state index < -0.39 is 5.60 Å². The molecule has 126 valence electrons. The standard InChI is InChI=1S/C18H24FNO2S/c19-15-5-3-14(4-6-15)17(7-1-2-8-17)13-20-16(21)18(22)9-11-23-12-10-18/h3-6,22H,1-2,7-13H2,(H,20,21). The first-order valence-corrected chi connectivity index (χ1v) is 9.54. The Morgan fingerprint density at radius 1 is 1.13 bits per heavy atom. The van der Waals surface area contributed by atoms with Gasteiger partial charge in [-0.25, -0.2) is 4.39 Å². The van der Waals surface area contributed by atoms with Crippen molar-refractivity contribution in [1.82, 2.24) is 5.32 Å². The molecule has 3 rings (SSSR count). The maximum atomic E-state index is 13.2. The number of benzene rings is 1. The number of nitrogens with one attached hydrogen (secondary N) is 1. The van der Waals surface area contributed by atoms with Gasteiger partial charge in [-0.3, -0.25) is 4.79 Å². The summed E-state index contributed by atoms with van der Waals surface area (Å²) < 4.78 is 13.2. The summed E-state index contributed by atoms with van der Waals surface area (Å²) in [4.78, 5) is 12.5. The van der Waals surface area contributed by atoms with Crippen LogP contribution in [0.4, 0.5) is 4.39 Å². The highest BCUT2D eigenvalue weighted by Gasteiger charge is 2.40. The van der Waals surface area contributed by atoms with Crippen LogP contribution in [0.3, 0.4) is 0 Å². The van der Waals surface area contributed by atoms with Crippen LogP contribution >= 0.6 is 11.8 Å². The maximum Gasteiger partial charge on any atom is 0.252 e. The molecule has 0 radical (unpaired) electrons. The molecule has 0 aromatic heterocycles. The molecule has 2 N–H and O–H groups in total. The average Bonchev–Trinajstić information content (AvgIpc) is 3.04. The van der Waals surface area contributed by atoms with E-state index in [9.17, 15) is 14.3 Å². The normalized spacial score (nSPS) is 22.7. The Balaban J connectivity index is 1.70. The fourth-order valence-corrected chi connectivity index (χ4v) is 4.94. The van der Waals surface area contributed by atoms with E-state index in [4.69, 9.17) is 0 Å². The molecular weight excluding hydrogens is 313 g/mol. The number of halogens is 1. The molecule has 0 atom stereocenters. The van der Waals surface area contributed by atoms with Crippen molar-refractivity contribution in [2.45, 2.75) is 49.5 Å². The van der Waals surface area contributed by atoms with Crippen LogP contribution in [-0.4, -0.2) is 34.7 Å². The monoisotopic (exact) mass is 337 g/mol. The molecule has 0 bridgehead atoms. The molecule has 1 aliphatic heterocycles. The molecule has 0 unspecified atom stereocenters. The third kappa shape index (κ3) is 3.56. The molecule has 1 aromatic carbocycles. The lowest BCUT2D eigenvalue weighted by Crippen LogP contribution is -2.52. The second-order valence-corrected chi connectivity index (χ2v) is 8.05. The first-order chi connectivity index (χ1) is 11.0.